The molecule has 3 aromatic carbocycles. The van der Waals surface area contributed by atoms with Crippen molar-refractivity contribution in [3.8, 4) is 5.75 Å². The number of hydrogen-bond acceptors (Lipinski definition) is 4. The number of benzene rings is 3. The first-order valence-corrected chi connectivity index (χ1v) is 9.58. The summed E-state index contributed by atoms with van der Waals surface area (Å²) in [7, 11) is 1.72. The minimum absolute atomic E-state index is 0.311. The van der Waals surface area contributed by atoms with Gasteiger partial charge in [0.1, 0.15) is 17.7 Å². The third-order valence-corrected chi connectivity index (χ3v) is 5.80. The average Bonchev–Trinajstić information content (AvgIpc) is 3.33. The van der Waals surface area contributed by atoms with E-state index in [2.05, 4.69) is 53.7 Å². The zero-order valence-corrected chi connectivity index (χ0v) is 15.8. The van der Waals surface area contributed by atoms with Gasteiger partial charge in [0.05, 0.1) is 12.8 Å². The van der Waals surface area contributed by atoms with Crippen LogP contribution in [-0.2, 0) is 19.3 Å². The van der Waals surface area contributed by atoms with Gasteiger partial charge < -0.3 is 15.0 Å². The van der Waals surface area contributed by atoms with Crippen LogP contribution in [0.1, 0.15) is 33.9 Å². The van der Waals surface area contributed by atoms with Gasteiger partial charge in [-0.25, -0.2) is 0 Å². The maximum Gasteiger partial charge on any atom is 0.147 e. The van der Waals surface area contributed by atoms with Crippen molar-refractivity contribution in [2.75, 3.05) is 12.8 Å². The molecule has 1 unspecified atom stereocenters. The van der Waals surface area contributed by atoms with Crippen LogP contribution in [0.25, 0.3) is 10.8 Å². The van der Waals surface area contributed by atoms with Gasteiger partial charge in [-0.05, 0) is 53.0 Å². The first kappa shape index (κ1) is 16.9. The number of hydrogen-bond donors (Lipinski definition) is 1. The number of nitrogens with zero attached hydrogens (tertiary/aromatic N) is 1. The lowest BCUT2D eigenvalue weighted by Gasteiger charge is -2.11. The summed E-state index contributed by atoms with van der Waals surface area (Å²) in [6, 6.07) is 19.5. The van der Waals surface area contributed by atoms with E-state index in [9.17, 15) is 0 Å². The molecular weight excluding hydrogens is 348 g/mol. The summed E-state index contributed by atoms with van der Waals surface area (Å²) in [6.45, 7) is 0. The Morgan fingerprint density at radius 1 is 1.04 bits per heavy atom. The van der Waals surface area contributed by atoms with E-state index in [1.54, 1.807) is 7.11 Å². The molecule has 0 radical (unpaired) electrons. The third kappa shape index (κ3) is 2.82. The second-order valence-electron chi connectivity index (χ2n) is 7.51. The second kappa shape index (κ2) is 6.71. The van der Waals surface area contributed by atoms with Gasteiger partial charge in [-0.2, -0.15) is 0 Å². The molecular formula is C24H22N2O2. The maximum absolute atomic E-state index is 6.00. The molecule has 1 atom stereocenters. The lowest BCUT2D eigenvalue weighted by molar-refractivity contribution is 0.405. The Bertz CT molecular complexity index is 1160. The molecule has 140 valence electrons. The van der Waals surface area contributed by atoms with E-state index in [0.29, 0.717) is 11.6 Å². The number of methoxy groups -OCH3 is 1. The first-order valence-electron chi connectivity index (χ1n) is 9.58. The standard InChI is InChI=1S/C24H22N2O2/c1-27-23-7-3-5-20-17(4-2-6-21(20)23)10-15-8-9-16-12-19(13-18(16)11-15)24-22(25)14-28-26-24/h2-9,11,14,19H,10,12-13,25H2,1H3. The minimum Gasteiger partial charge on any atom is -0.496 e. The van der Waals surface area contributed by atoms with Gasteiger partial charge in [-0.3, -0.25) is 0 Å². The summed E-state index contributed by atoms with van der Waals surface area (Å²) < 4.78 is 10.6. The second-order valence-corrected chi connectivity index (χ2v) is 7.51. The molecule has 4 aromatic rings. The molecule has 0 bridgehead atoms. The lowest BCUT2D eigenvalue weighted by Crippen LogP contribution is -2.01. The molecule has 4 nitrogen and oxygen atoms in total. The molecule has 5 rings (SSSR count). The van der Waals surface area contributed by atoms with Gasteiger partial charge in [0.2, 0.25) is 0 Å². The van der Waals surface area contributed by atoms with E-state index in [-0.39, 0.29) is 0 Å². The molecule has 1 aromatic heterocycles. The van der Waals surface area contributed by atoms with Gasteiger partial charge >= 0.3 is 0 Å². The highest BCUT2D eigenvalue weighted by atomic mass is 16.5. The Morgan fingerprint density at radius 2 is 1.86 bits per heavy atom. The number of aromatic nitrogens is 1. The van der Waals surface area contributed by atoms with Gasteiger partial charge in [0.15, 0.2) is 0 Å². The molecule has 0 fully saturated rings. The molecule has 0 saturated heterocycles. The van der Waals surface area contributed by atoms with Crippen molar-refractivity contribution in [2.24, 2.45) is 0 Å². The Morgan fingerprint density at radius 3 is 2.68 bits per heavy atom. The zero-order chi connectivity index (χ0) is 19.1. The summed E-state index contributed by atoms with van der Waals surface area (Å²) in [5.74, 6) is 1.23. The molecule has 1 heterocycles. The molecule has 1 aliphatic rings. The van der Waals surface area contributed by atoms with Crippen LogP contribution >= 0.6 is 0 Å². The number of fused-ring (bicyclic) bond motifs is 2. The van der Waals surface area contributed by atoms with Crippen LogP contribution in [0, 0.1) is 0 Å². The summed E-state index contributed by atoms with van der Waals surface area (Å²) in [6.07, 6.45) is 4.36. The van der Waals surface area contributed by atoms with E-state index in [1.807, 2.05) is 6.07 Å². The molecule has 0 saturated carbocycles. The smallest absolute Gasteiger partial charge is 0.147 e. The van der Waals surface area contributed by atoms with Crippen LogP contribution in [0.3, 0.4) is 0 Å². The number of anilines is 1. The van der Waals surface area contributed by atoms with Crippen molar-refractivity contribution >= 4 is 16.5 Å². The largest absolute Gasteiger partial charge is 0.496 e. The van der Waals surface area contributed by atoms with Crippen LogP contribution < -0.4 is 10.5 Å². The minimum atomic E-state index is 0.311. The first-order chi connectivity index (χ1) is 13.7. The summed E-state index contributed by atoms with van der Waals surface area (Å²) >= 11 is 0. The fourth-order valence-corrected chi connectivity index (χ4v) is 4.44. The summed E-state index contributed by atoms with van der Waals surface area (Å²) in [5.41, 5.74) is 13.0. The molecule has 2 N–H and O–H groups in total. The fraction of sp³-hybridized carbons (Fsp3) is 0.208. The Balaban J connectivity index is 1.45. The van der Waals surface area contributed by atoms with Crippen LogP contribution in [0.4, 0.5) is 5.69 Å². The third-order valence-electron chi connectivity index (χ3n) is 5.80. The van der Waals surface area contributed by atoms with Crippen LogP contribution in [0.15, 0.2) is 65.4 Å². The number of ether oxygens (including phenoxy) is 1. The maximum atomic E-state index is 6.00. The zero-order valence-electron chi connectivity index (χ0n) is 15.8. The summed E-state index contributed by atoms with van der Waals surface area (Å²) in [4.78, 5) is 0. The highest BCUT2D eigenvalue weighted by Gasteiger charge is 2.27. The topological polar surface area (TPSA) is 61.3 Å². The van der Waals surface area contributed by atoms with Gasteiger partial charge in [0.25, 0.3) is 0 Å². The SMILES string of the molecule is COc1cccc2c(Cc3ccc4c(c3)CC(c3nocc3N)C4)cccc12. The van der Waals surface area contributed by atoms with Gasteiger partial charge in [0, 0.05) is 11.3 Å². The van der Waals surface area contributed by atoms with Crippen LogP contribution in [0.5, 0.6) is 5.75 Å². The Labute approximate surface area is 163 Å². The number of nitrogens with two attached hydrogens (primary N) is 1. The van der Waals surface area contributed by atoms with E-state index < -0.39 is 0 Å². The summed E-state index contributed by atoms with van der Waals surface area (Å²) in [5, 5.41) is 6.51. The molecule has 4 heteroatoms. The predicted octanol–water partition coefficient (Wildman–Crippen LogP) is 4.89. The Hall–Kier alpha value is -3.27. The van der Waals surface area contributed by atoms with Crippen LogP contribution in [0.2, 0.25) is 0 Å². The van der Waals surface area contributed by atoms with E-state index in [0.717, 1.165) is 36.1 Å². The van der Waals surface area contributed by atoms with Crippen molar-refractivity contribution in [1.82, 2.24) is 5.16 Å². The molecule has 0 aliphatic heterocycles. The highest BCUT2D eigenvalue weighted by molar-refractivity contribution is 5.91. The van der Waals surface area contributed by atoms with Crippen molar-refractivity contribution < 1.29 is 9.26 Å². The van der Waals surface area contributed by atoms with Crippen molar-refractivity contribution in [2.45, 2.75) is 25.2 Å². The van der Waals surface area contributed by atoms with Crippen molar-refractivity contribution in [3.63, 3.8) is 0 Å². The van der Waals surface area contributed by atoms with Gasteiger partial charge in [-0.1, -0.05) is 53.7 Å². The van der Waals surface area contributed by atoms with Crippen molar-refractivity contribution in [3.05, 3.63) is 88.8 Å². The monoisotopic (exact) mass is 370 g/mol. The normalized spacial score (nSPS) is 15.7. The molecule has 0 amide bonds. The average molecular weight is 370 g/mol. The molecule has 28 heavy (non-hydrogen) atoms. The highest BCUT2D eigenvalue weighted by Crippen LogP contribution is 2.36. The quantitative estimate of drug-likeness (QED) is 0.555. The van der Waals surface area contributed by atoms with E-state index in [4.69, 9.17) is 15.0 Å². The van der Waals surface area contributed by atoms with Crippen LogP contribution in [-0.4, -0.2) is 12.3 Å². The fourth-order valence-electron chi connectivity index (χ4n) is 4.44. The van der Waals surface area contributed by atoms with Gasteiger partial charge in [-0.15, -0.1) is 0 Å². The van der Waals surface area contributed by atoms with E-state index in [1.165, 1.54) is 33.9 Å². The van der Waals surface area contributed by atoms with Crippen molar-refractivity contribution in [1.29, 1.82) is 0 Å². The predicted molar refractivity (Wildman–Crippen MR) is 111 cm³/mol. The Kier molecular flexibility index (Phi) is 4.05. The lowest BCUT2D eigenvalue weighted by atomic mass is 9.96. The number of rotatable bonds is 4. The molecule has 1 aliphatic carbocycles. The number of nitrogen functional groups attached to an aromatic ring is 1. The van der Waals surface area contributed by atoms with E-state index >= 15 is 0 Å². The molecule has 0 spiro atoms.